The van der Waals surface area contributed by atoms with Gasteiger partial charge in [-0.2, -0.15) is 0 Å². The molecule has 0 unspecified atom stereocenters. The molecule has 1 amide bonds. The van der Waals surface area contributed by atoms with E-state index in [2.05, 4.69) is 0 Å². The third kappa shape index (κ3) is 3.25. The fourth-order valence-corrected chi connectivity index (χ4v) is 3.31. The number of pyridine rings is 1. The summed E-state index contributed by atoms with van der Waals surface area (Å²) in [5.41, 5.74) is 0.600. The van der Waals surface area contributed by atoms with Crippen LogP contribution in [0.15, 0.2) is 29.2 Å². The van der Waals surface area contributed by atoms with Crippen LogP contribution in [0.5, 0.6) is 11.5 Å². The molecule has 8 heteroatoms. The Kier molecular flexibility index (Phi) is 4.89. The lowest BCUT2D eigenvalue weighted by Gasteiger charge is -2.29. The molecular formula is C19H20N2O6. The number of carboxylic acid groups (broad SMARTS) is 1. The standard InChI is InChI=1S/C19H20N2O6/c1-11(22)20-7-6-14-12(9-20)10-21(18(23)17(14)19(24)25)15-5-4-13(26-2)8-16(15)27-3/h4-5,8,10H,6-7,9H2,1-3H3,(H,24,25). The van der Waals surface area contributed by atoms with Gasteiger partial charge in [-0.1, -0.05) is 0 Å². The molecule has 2 aromatic rings. The Balaban J connectivity index is 2.25. The Bertz CT molecular complexity index is 979. The predicted molar refractivity (Wildman–Crippen MR) is 96.9 cm³/mol. The minimum absolute atomic E-state index is 0.0997. The molecule has 0 radical (unpaired) electrons. The number of amides is 1. The van der Waals surface area contributed by atoms with Crippen molar-refractivity contribution in [3.05, 3.63) is 51.4 Å². The smallest absolute Gasteiger partial charge is 0.341 e. The summed E-state index contributed by atoms with van der Waals surface area (Å²) in [5, 5.41) is 9.63. The average molecular weight is 372 g/mol. The Morgan fingerprint density at radius 3 is 2.52 bits per heavy atom. The van der Waals surface area contributed by atoms with Gasteiger partial charge in [0, 0.05) is 32.3 Å². The molecule has 1 aromatic carbocycles. The van der Waals surface area contributed by atoms with E-state index in [-0.39, 0.29) is 18.0 Å². The van der Waals surface area contributed by atoms with Crippen LogP contribution >= 0.6 is 0 Å². The van der Waals surface area contributed by atoms with E-state index in [0.717, 1.165) is 0 Å². The van der Waals surface area contributed by atoms with Gasteiger partial charge < -0.3 is 19.5 Å². The Morgan fingerprint density at radius 1 is 1.19 bits per heavy atom. The topological polar surface area (TPSA) is 98.1 Å². The largest absolute Gasteiger partial charge is 0.497 e. The van der Waals surface area contributed by atoms with Crippen LogP contribution in [0.3, 0.4) is 0 Å². The first-order valence-electron chi connectivity index (χ1n) is 8.36. The van der Waals surface area contributed by atoms with E-state index in [9.17, 15) is 19.5 Å². The van der Waals surface area contributed by atoms with Crippen LogP contribution < -0.4 is 15.0 Å². The molecule has 1 aliphatic heterocycles. The molecule has 2 heterocycles. The second kappa shape index (κ2) is 7.14. The lowest BCUT2D eigenvalue weighted by molar-refractivity contribution is -0.129. The van der Waals surface area contributed by atoms with Crippen molar-refractivity contribution < 1.29 is 24.2 Å². The Morgan fingerprint density at radius 2 is 1.93 bits per heavy atom. The molecular weight excluding hydrogens is 352 g/mol. The summed E-state index contributed by atoms with van der Waals surface area (Å²) in [6, 6.07) is 4.90. The summed E-state index contributed by atoms with van der Waals surface area (Å²) in [4.78, 5) is 38.1. The van der Waals surface area contributed by atoms with Gasteiger partial charge in [-0.15, -0.1) is 0 Å². The minimum atomic E-state index is -1.28. The average Bonchev–Trinajstić information content (AvgIpc) is 2.66. The van der Waals surface area contributed by atoms with Crippen molar-refractivity contribution in [1.82, 2.24) is 9.47 Å². The summed E-state index contributed by atoms with van der Waals surface area (Å²) in [5.74, 6) is -0.471. The van der Waals surface area contributed by atoms with E-state index >= 15 is 0 Å². The molecule has 1 aromatic heterocycles. The highest BCUT2D eigenvalue weighted by Crippen LogP contribution is 2.29. The van der Waals surface area contributed by atoms with Gasteiger partial charge in [0.25, 0.3) is 5.56 Å². The third-order valence-electron chi connectivity index (χ3n) is 4.71. The number of aromatic nitrogens is 1. The van der Waals surface area contributed by atoms with E-state index in [1.165, 1.54) is 25.7 Å². The van der Waals surface area contributed by atoms with E-state index in [1.807, 2.05) is 0 Å². The SMILES string of the molecule is COc1ccc(-n2cc3c(c(C(=O)O)c2=O)CCN(C(C)=O)C3)c(OC)c1. The maximum atomic E-state index is 12.9. The van der Waals surface area contributed by atoms with Gasteiger partial charge in [0.1, 0.15) is 17.1 Å². The fourth-order valence-electron chi connectivity index (χ4n) is 3.31. The number of aromatic carboxylic acids is 1. The van der Waals surface area contributed by atoms with Crippen molar-refractivity contribution in [3.63, 3.8) is 0 Å². The number of carboxylic acids is 1. The summed E-state index contributed by atoms with van der Waals surface area (Å²) < 4.78 is 11.8. The number of ether oxygens (including phenoxy) is 2. The molecule has 27 heavy (non-hydrogen) atoms. The van der Waals surface area contributed by atoms with E-state index in [0.29, 0.717) is 41.3 Å². The number of carbonyl (C=O) groups excluding carboxylic acids is 1. The highest BCUT2D eigenvalue weighted by Gasteiger charge is 2.27. The van der Waals surface area contributed by atoms with Crippen LogP contribution in [-0.4, -0.2) is 47.2 Å². The maximum absolute atomic E-state index is 12.9. The molecule has 1 N–H and O–H groups in total. The summed E-state index contributed by atoms with van der Waals surface area (Å²) >= 11 is 0. The zero-order valence-corrected chi connectivity index (χ0v) is 15.3. The molecule has 0 fully saturated rings. The predicted octanol–water partition coefficient (Wildman–Crippen LogP) is 1.46. The highest BCUT2D eigenvalue weighted by molar-refractivity contribution is 5.89. The molecule has 0 spiro atoms. The molecule has 0 atom stereocenters. The van der Waals surface area contributed by atoms with Crippen molar-refractivity contribution >= 4 is 11.9 Å². The fraction of sp³-hybridized carbons (Fsp3) is 0.316. The zero-order chi connectivity index (χ0) is 19.7. The summed E-state index contributed by atoms with van der Waals surface area (Å²) in [6.07, 6.45) is 1.91. The normalized spacial score (nSPS) is 13.1. The van der Waals surface area contributed by atoms with Gasteiger partial charge in [0.2, 0.25) is 5.91 Å². The van der Waals surface area contributed by atoms with Gasteiger partial charge in [-0.3, -0.25) is 14.2 Å². The first-order chi connectivity index (χ1) is 12.9. The molecule has 0 saturated heterocycles. The van der Waals surface area contributed by atoms with Crippen LogP contribution in [0, 0.1) is 0 Å². The van der Waals surface area contributed by atoms with Gasteiger partial charge in [-0.05, 0) is 29.7 Å². The molecule has 142 valence electrons. The van der Waals surface area contributed by atoms with Crippen molar-refractivity contribution in [1.29, 1.82) is 0 Å². The molecule has 8 nitrogen and oxygen atoms in total. The van der Waals surface area contributed by atoms with E-state index < -0.39 is 11.5 Å². The highest BCUT2D eigenvalue weighted by atomic mass is 16.5. The molecule has 0 bridgehead atoms. The van der Waals surface area contributed by atoms with Crippen LogP contribution in [0.1, 0.15) is 28.4 Å². The second-order valence-corrected chi connectivity index (χ2v) is 6.22. The van der Waals surface area contributed by atoms with Crippen LogP contribution in [-0.2, 0) is 17.8 Å². The molecule has 3 rings (SSSR count). The van der Waals surface area contributed by atoms with Crippen molar-refractivity contribution in [2.45, 2.75) is 19.9 Å². The van der Waals surface area contributed by atoms with E-state index in [1.54, 1.807) is 29.3 Å². The third-order valence-corrected chi connectivity index (χ3v) is 4.71. The monoisotopic (exact) mass is 372 g/mol. The summed E-state index contributed by atoms with van der Waals surface area (Å²) in [6.45, 7) is 2.10. The lowest BCUT2D eigenvalue weighted by Crippen LogP contribution is -2.38. The number of benzene rings is 1. The molecule has 0 aliphatic carbocycles. The lowest BCUT2D eigenvalue weighted by atomic mass is 9.96. The number of carbonyl (C=O) groups is 2. The number of rotatable bonds is 4. The minimum Gasteiger partial charge on any atom is -0.497 e. The van der Waals surface area contributed by atoms with Crippen LogP contribution in [0.4, 0.5) is 0 Å². The number of nitrogens with zero attached hydrogens (tertiary/aromatic N) is 2. The molecule has 1 aliphatic rings. The van der Waals surface area contributed by atoms with Gasteiger partial charge >= 0.3 is 5.97 Å². The zero-order valence-electron chi connectivity index (χ0n) is 15.3. The first-order valence-corrected chi connectivity index (χ1v) is 8.36. The van der Waals surface area contributed by atoms with Crippen molar-refractivity contribution in [2.75, 3.05) is 20.8 Å². The number of fused-ring (bicyclic) bond motifs is 1. The summed E-state index contributed by atoms with van der Waals surface area (Å²) in [7, 11) is 2.97. The van der Waals surface area contributed by atoms with E-state index in [4.69, 9.17) is 9.47 Å². The Labute approximate surface area is 155 Å². The maximum Gasteiger partial charge on any atom is 0.341 e. The second-order valence-electron chi connectivity index (χ2n) is 6.22. The van der Waals surface area contributed by atoms with Crippen molar-refractivity contribution in [2.24, 2.45) is 0 Å². The number of hydrogen-bond donors (Lipinski definition) is 1. The van der Waals surface area contributed by atoms with Crippen LogP contribution in [0.2, 0.25) is 0 Å². The quantitative estimate of drug-likeness (QED) is 0.873. The van der Waals surface area contributed by atoms with Gasteiger partial charge in [-0.25, -0.2) is 4.79 Å². The Hall–Kier alpha value is -3.29. The first kappa shape index (κ1) is 18.5. The van der Waals surface area contributed by atoms with Gasteiger partial charge in [0.05, 0.1) is 19.9 Å². The number of methoxy groups -OCH3 is 2. The number of hydrogen-bond acceptors (Lipinski definition) is 5. The van der Waals surface area contributed by atoms with Crippen LogP contribution in [0.25, 0.3) is 5.69 Å². The van der Waals surface area contributed by atoms with Crippen molar-refractivity contribution in [3.8, 4) is 17.2 Å². The van der Waals surface area contributed by atoms with Gasteiger partial charge in [0.15, 0.2) is 0 Å². The molecule has 0 saturated carbocycles.